The molecule has 0 unspecified atom stereocenters. The molecule has 0 bridgehead atoms. The molecule has 1 aliphatic rings. The van der Waals surface area contributed by atoms with Crippen LogP contribution in [0.2, 0.25) is 10.0 Å². The van der Waals surface area contributed by atoms with Crippen LogP contribution in [0.25, 0.3) is 0 Å². The molecule has 1 heterocycles. The summed E-state index contributed by atoms with van der Waals surface area (Å²) in [6, 6.07) is 4.73. The zero-order valence-electron chi connectivity index (χ0n) is 10.8. The number of nitrogens with one attached hydrogen (secondary N) is 1. The van der Waals surface area contributed by atoms with E-state index in [4.69, 9.17) is 37.4 Å². The van der Waals surface area contributed by atoms with Gasteiger partial charge in [0, 0.05) is 5.02 Å². The number of carbonyl (C=O) groups excluding carboxylic acids is 1. The van der Waals surface area contributed by atoms with Gasteiger partial charge in [0.15, 0.2) is 12.4 Å². The van der Waals surface area contributed by atoms with Gasteiger partial charge in [-0.3, -0.25) is 4.79 Å². The number of benzene rings is 1. The number of hydrogen-bond acceptors (Lipinski definition) is 5. The van der Waals surface area contributed by atoms with Crippen LogP contribution >= 0.6 is 23.2 Å². The molecule has 112 valence electrons. The summed E-state index contributed by atoms with van der Waals surface area (Å²) >= 11 is 11.7. The summed E-state index contributed by atoms with van der Waals surface area (Å²) in [7, 11) is 0. The maximum Gasteiger partial charge on any atom is 0.277 e. The van der Waals surface area contributed by atoms with Crippen LogP contribution in [0.4, 0.5) is 0 Å². The molecule has 0 spiro atoms. The highest BCUT2D eigenvalue weighted by atomic mass is 35.5. The van der Waals surface area contributed by atoms with Crippen molar-refractivity contribution in [3.05, 3.63) is 40.3 Å². The number of hydrogen-bond donors (Lipinski definition) is 1. The van der Waals surface area contributed by atoms with E-state index in [9.17, 15) is 4.79 Å². The zero-order chi connectivity index (χ0) is 15.1. The molecule has 8 heteroatoms. The number of ether oxygens (including phenoxy) is 3. The molecule has 6 nitrogen and oxygen atoms in total. The van der Waals surface area contributed by atoms with Crippen LogP contribution in [0.1, 0.15) is 0 Å². The summed E-state index contributed by atoms with van der Waals surface area (Å²) in [5.41, 5.74) is 2.29. The molecule has 0 fully saturated rings. The minimum atomic E-state index is -0.436. The van der Waals surface area contributed by atoms with Crippen molar-refractivity contribution in [2.24, 2.45) is 5.10 Å². The average Bonchev–Trinajstić information content (AvgIpc) is 2.47. The van der Waals surface area contributed by atoms with E-state index in [0.717, 1.165) is 0 Å². The van der Waals surface area contributed by atoms with Gasteiger partial charge in [0.2, 0.25) is 0 Å². The maximum atomic E-state index is 11.5. The molecular formula is C13H12Cl2N2O4. The Morgan fingerprint density at radius 3 is 3.00 bits per heavy atom. The predicted molar refractivity (Wildman–Crippen MR) is 78.6 cm³/mol. The summed E-state index contributed by atoms with van der Waals surface area (Å²) in [4.78, 5) is 11.5. The minimum Gasteiger partial charge on any atom is -0.494 e. The Labute approximate surface area is 131 Å². The number of allylic oxidation sites excluding steroid dienone is 1. The predicted octanol–water partition coefficient (Wildman–Crippen LogP) is 2.36. The fraction of sp³-hybridized carbons (Fsp3) is 0.231. The van der Waals surface area contributed by atoms with Gasteiger partial charge in [-0.2, -0.15) is 5.10 Å². The van der Waals surface area contributed by atoms with E-state index in [1.807, 2.05) is 0 Å². The van der Waals surface area contributed by atoms with Crippen molar-refractivity contribution in [2.45, 2.75) is 0 Å². The molecule has 2 rings (SSSR count). The van der Waals surface area contributed by atoms with Gasteiger partial charge >= 0.3 is 0 Å². The second kappa shape index (κ2) is 7.75. The Hall–Kier alpha value is -1.92. The molecule has 0 radical (unpaired) electrons. The first-order valence-electron chi connectivity index (χ1n) is 5.99. The van der Waals surface area contributed by atoms with Gasteiger partial charge in [0.1, 0.15) is 25.2 Å². The van der Waals surface area contributed by atoms with Crippen LogP contribution in [-0.4, -0.2) is 31.9 Å². The fourth-order valence-electron chi connectivity index (χ4n) is 1.39. The van der Waals surface area contributed by atoms with Crippen molar-refractivity contribution in [2.75, 3.05) is 19.8 Å². The van der Waals surface area contributed by atoms with E-state index in [1.165, 1.54) is 18.5 Å². The zero-order valence-corrected chi connectivity index (χ0v) is 12.4. The molecule has 0 atom stereocenters. The van der Waals surface area contributed by atoms with Crippen LogP contribution in [0, 0.1) is 0 Å². The highest BCUT2D eigenvalue weighted by Crippen LogP contribution is 2.27. The summed E-state index contributed by atoms with van der Waals surface area (Å²) < 4.78 is 15.5. The third kappa shape index (κ3) is 5.17. The monoisotopic (exact) mass is 330 g/mol. The Balaban J connectivity index is 1.77. The molecule has 0 aromatic heterocycles. The van der Waals surface area contributed by atoms with Gasteiger partial charge in [-0.25, -0.2) is 5.43 Å². The number of halogens is 2. The second-order valence-corrected chi connectivity index (χ2v) is 4.74. The summed E-state index contributed by atoms with van der Waals surface area (Å²) in [6.45, 7) is 0.721. The molecule has 1 aromatic carbocycles. The third-order valence-corrected chi connectivity index (χ3v) is 2.83. The first-order valence-corrected chi connectivity index (χ1v) is 6.75. The Bertz CT molecular complexity index is 575. The smallest absolute Gasteiger partial charge is 0.277 e. The topological polar surface area (TPSA) is 69.2 Å². The van der Waals surface area contributed by atoms with E-state index >= 15 is 0 Å². The molecule has 0 saturated carbocycles. The molecule has 0 saturated heterocycles. The minimum absolute atomic E-state index is 0.227. The number of nitrogens with zero attached hydrogens (tertiary/aromatic N) is 1. The van der Waals surface area contributed by atoms with Crippen LogP contribution in [0.5, 0.6) is 5.75 Å². The van der Waals surface area contributed by atoms with Crippen molar-refractivity contribution in [1.82, 2.24) is 5.43 Å². The Kier molecular flexibility index (Phi) is 5.71. The highest BCUT2D eigenvalue weighted by molar-refractivity contribution is 6.35. The van der Waals surface area contributed by atoms with E-state index in [0.29, 0.717) is 34.8 Å². The van der Waals surface area contributed by atoms with Crippen molar-refractivity contribution in [3.8, 4) is 5.75 Å². The summed E-state index contributed by atoms with van der Waals surface area (Å²) in [5, 5.41) is 4.53. The Morgan fingerprint density at radius 2 is 2.29 bits per heavy atom. The Morgan fingerprint density at radius 1 is 1.43 bits per heavy atom. The largest absolute Gasteiger partial charge is 0.494 e. The van der Waals surface area contributed by atoms with Gasteiger partial charge in [0.25, 0.3) is 5.91 Å². The lowest BCUT2D eigenvalue weighted by Gasteiger charge is -2.11. The van der Waals surface area contributed by atoms with Crippen molar-refractivity contribution in [1.29, 1.82) is 0 Å². The third-order valence-electron chi connectivity index (χ3n) is 2.30. The average molecular weight is 331 g/mol. The molecule has 1 N–H and O–H groups in total. The van der Waals surface area contributed by atoms with E-state index in [2.05, 4.69) is 10.5 Å². The van der Waals surface area contributed by atoms with Crippen LogP contribution in [-0.2, 0) is 14.3 Å². The quantitative estimate of drug-likeness (QED) is 0.664. The highest BCUT2D eigenvalue weighted by Gasteiger charge is 2.06. The maximum absolute atomic E-state index is 11.5. The lowest BCUT2D eigenvalue weighted by atomic mass is 10.3. The van der Waals surface area contributed by atoms with Gasteiger partial charge in [0.05, 0.1) is 11.2 Å². The van der Waals surface area contributed by atoms with Gasteiger partial charge < -0.3 is 14.2 Å². The van der Waals surface area contributed by atoms with Gasteiger partial charge in [-0.1, -0.05) is 23.2 Å². The van der Waals surface area contributed by atoms with E-state index in [-0.39, 0.29) is 6.61 Å². The van der Waals surface area contributed by atoms with Crippen LogP contribution in [0.15, 0.2) is 35.3 Å². The lowest BCUT2D eigenvalue weighted by Crippen LogP contribution is -2.25. The molecule has 0 aliphatic carbocycles. The van der Waals surface area contributed by atoms with Crippen molar-refractivity contribution < 1.29 is 19.0 Å². The molecule has 1 aromatic rings. The van der Waals surface area contributed by atoms with Crippen LogP contribution < -0.4 is 10.2 Å². The molecule has 21 heavy (non-hydrogen) atoms. The fourth-order valence-corrected chi connectivity index (χ4v) is 1.85. The number of hydrazone groups is 1. The standard InChI is InChI=1S/C13H12Cl2N2O4/c14-9-1-2-12(11(15)5-9)21-8-13(18)17-16-6-10-7-19-3-4-20-10/h1-2,5-7H,3-4,8H2,(H,17,18). The first-order chi connectivity index (χ1) is 10.1. The molecule has 1 amide bonds. The normalized spacial score (nSPS) is 14.1. The SMILES string of the molecule is O=C(COc1ccc(Cl)cc1Cl)NN=CC1=COCCO1. The number of rotatable bonds is 5. The second-order valence-electron chi connectivity index (χ2n) is 3.90. The summed E-state index contributed by atoms with van der Waals surface area (Å²) in [5.74, 6) is 0.365. The lowest BCUT2D eigenvalue weighted by molar-refractivity contribution is -0.123. The van der Waals surface area contributed by atoms with Crippen molar-refractivity contribution in [3.63, 3.8) is 0 Å². The molecule has 1 aliphatic heterocycles. The molecular weight excluding hydrogens is 319 g/mol. The van der Waals surface area contributed by atoms with Crippen LogP contribution in [0.3, 0.4) is 0 Å². The number of amides is 1. The van der Waals surface area contributed by atoms with Gasteiger partial charge in [-0.15, -0.1) is 0 Å². The first kappa shape index (κ1) is 15.5. The summed E-state index contributed by atoms with van der Waals surface area (Å²) in [6.07, 6.45) is 2.76. The van der Waals surface area contributed by atoms with Crippen molar-refractivity contribution >= 4 is 35.3 Å². The van der Waals surface area contributed by atoms with Gasteiger partial charge in [-0.05, 0) is 18.2 Å². The van der Waals surface area contributed by atoms with E-state index < -0.39 is 5.91 Å². The van der Waals surface area contributed by atoms with E-state index in [1.54, 1.807) is 12.1 Å². The number of carbonyl (C=O) groups is 1.